The van der Waals surface area contributed by atoms with Crippen LogP contribution in [0.4, 0.5) is 5.00 Å². The fourth-order valence-corrected chi connectivity index (χ4v) is 5.63. The second-order valence-electron chi connectivity index (χ2n) is 7.05. The van der Waals surface area contributed by atoms with Gasteiger partial charge in [-0.2, -0.15) is 5.26 Å². The van der Waals surface area contributed by atoms with Gasteiger partial charge in [0, 0.05) is 17.1 Å². The van der Waals surface area contributed by atoms with E-state index in [2.05, 4.69) is 21.6 Å². The maximum absolute atomic E-state index is 12.5. The van der Waals surface area contributed by atoms with Crippen molar-refractivity contribution in [1.82, 2.24) is 14.9 Å². The summed E-state index contributed by atoms with van der Waals surface area (Å²) in [4.78, 5) is 13.7. The largest absolute Gasteiger partial charge is 0.496 e. The highest BCUT2D eigenvalue weighted by molar-refractivity contribution is 7.99. The number of nitrogens with one attached hydrogen (secondary N) is 1. The van der Waals surface area contributed by atoms with Gasteiger partial charge in [-0.15, -0.1) is 21.5 Å². The summed E-state index contributed by atoms with van der Waals surface area (Å²) in [5.74, 6) is 7.68. The summed E-state index contributed by atoms with van der Waals surface area (Å²) >= 11 is 2.89. The van der Waals surface area contributed by atoms with Crippen LogP contribution in [0.5, 0.6) is 5.75 Å². The zero-order valence-electron chi connectivity index (χ0n) is 17.1. The molecule has 1 aliphatic rings. The molecule has 10 heteroatoms. The SMILES string of the molecule is COc1ccccc1-c1nnc(SCCC(=O)Nc2sc3c(c2C#N)CCCC3)n1N. The van der Waals surface area contributed by atoms with E-state index in [0.717, 1.165) is 36.8 Å². The first kappa shape index (κ1) is 21.2. The van der Waals surface area contributed by atoms with Crippen LogP contribution in [-0.2, 0) is 17.6 Å². The minimum atomic E-state index is -0.129. The first-order valence-corrected chi connectivity index (χ1v) is 11.7. The summed E-state index contributed by atoms with van der Waals surface area (Å²) in [6, 6.07) is 9.71. The maximum atomic E-state index is 12.5. The van der Waals surface area contributed by atoms with Crippen LogP contribution in [0.25, 0.3) is 11.4 Å². The molecule has 8 nitrogen and oxygen atoms in total. The minimum Gasteiger partial charge on any atom is -0.496 e. The number of carbonyl (C=O) groups is 1. The van der Waals surface area contributed by atoms with E-state index in [4.69, 9.17) is 10.6 Å². The summed E-state index contributed by atoms with van der Waals surface area (Å²) < 4.78 is 6.77. The van der Waals surface area contributed by atoms with E-state index in [1.54, 1.807) is 7.11 Å². The summed E-state index contributed by atoms with van der Waals surface area (Å²) in [7, 11) is 1.59. The zero-order chi connectivity index (χ0) is 21.8. The number of thiophene rings is 1. The normalized spacial score (nSPS) is 12.8. The number of amides is 1. The molecule has 0 atom stereocenters. The molecule has 160 valence electrons. The zero-order valence-corrected chi connectivity index (χ0v) is 18.7. The molecule has 1 aliphatic carbocycles. The highest BCUT2D eigenvalue weighted by Crippen LogP contribution is 2.37. The number of fused-ring (bicyclic) bond motifs is 1. The molecule has 0 saturated carbocycles. The Morgan fingerprint density at radius 1 is 1.35 bits per heavy atom. The number of hydrogen-bond donors (Lipinski definition) is 2. The third-order valence-corrected chi connectivity index (χ3v) is 7.26. The van der Waals surface area contributed by atoms with Gasteiger partial charge in [-0.05, 0) is 43.4 Å². The molecular weight excluding hydrogens is 432 g/mol. The van der Waals surface area contributed by atoms with Crippen molar-refractivity contribution in [2.45, 2.75) is 37.3 Å². The third-order valence-electron chi connectivity index (χ3n) is 5.11. The summed E-state index contributed by atoms with van der Waals surface area (Å²) in [5.41, 5.74) is 2.49. The molecule has 0 fully saturated rings. The first-order valence-electron chi connectivity index (χ1n) is 9.93. The number of nitriles is 1. The monoisotopic (exact) mass is 454 g/mol. The van der Waals surface area contributed by atoms with Crippen LogP contribution in [0.2, 0.25) is 0 Å². The molecule has 0 unspecified atom stereocenters. The Kier molecular flexibility index (Phi) is 6.44. The molecule has 1 amide bonds. The quantitative estimate of drug-likeness (QED) is 0.413. The Hall–Kier alpha value is -3.03. The predicted molar refractivity (Wildman–Crippen MR) is 122 cm³/mol. The molecule has 31 heavy (non-hydrogen) atoms. The Balaban J connectivity index is 1.37. The summed E-state index contributed by atoms with van der Waals surface area (Å²) in [5, 5.41) is 21.9. The lowest BCUT2D eigenvalue weighted by atomic mass is 9.96. The number of benzene rings is 1. The molecule has 1 aromatic carbocycles. The van der Waals surface area contributed by atoms with Crippen molar-refractivity contribution in [3.05, 3.63) is 40.3 Å². The number of ether oxygens (including phenoxy) is 1. The minimum absolute atomic E-state index is 0.129. The molecule has 2 aromatic heterocycles. The molecule has 0 bridgehead atoms. The Morgan fingerprint density at radius 3 is 2.97 bits per heavy atom. The van der Waals surface area contributed by atoms with Gasteiger partial charge in [-0.3, -0.25) is 4.79 Å². The van der Waals surface area contributed by atoms with Crippen molar-refractivity contribution in [1.29, 1.82) is 5.26 Å². The molecule has 0 saturated heterocycles. The fourth-order valence-electron chi connectivity index (χ4n) is 3.58. The number of aromatic nitrogens is 3. The Morgan fingerprint density at radius 2 is 2.16 bits per heavy atom. The molecule has 0 aliphatic heterocycles. The number of nitrogens with two attached hydrogens (primary N) is 1. The van der Waals surface area contributed by atoms with E-state index in [0.29, 0.717) is 33.0 Å². The fraction of sp³-hybridized carbons (Fsp3) is 0.333. The van der Waals surface area contributed by atoms with Gasteiger partial charge >= 0.3 is 0 Å². The molecule has 0 radical (unpaired) electrons. The number of nitrogens with zero attached hydrogens (tertiary/aromatic N) is 4. The van der Waals surface area contributed by atoms with Crippen molar-refractivity contribution in [2.75, 3.05) is 24.0 Å². The Labute approximate surface area is 188 Å². The third kappa shape index (κ3) is 4.38. The van der Waals surface area contributed by atoms with Crippen LogP contribution in [0.3, 0.4) is 0 Å². The van der Waals surface area contributed by atoms with Crippen LogP contribution in [0.1, 0.15) is 35.3 Å². The molecule has 3 aromatic rings. The molecule has 2 heterocycles. The number of methoxy groups -OCH3 is 1. The summed E-state index contributed by atoms with van der Waals surface area (Å²) in [6.07, 6.45) is 4.41. The van der Waals surface area contributed by atoms with Gasteiger partial charge in [-0.25, -0.2) is 4.68 Å². The lowest BCUT2D eigenvalue weighted by Gasteiger charge is -2.09. The van der Waals surface area contributed by atoms with Gasteiger partial charge in [-0.1, -0.05) is 23.9 Å². The van der Waals surface area contributed by atoms with Gasteiger partial charge in [0.15, 0.2) is 5.82 Å². The average molecular weight is 455 g/mol. The first-order chi connectivity index (χ1) is 15.1. The topological polar surface area (TPSA) is 119 Å². The second kappa shape index (κ2) is 9.41. The number of anilines is 1. The smallest absolute Gasteiger partial charge is 0.225 e. The van der Waals surface area contributed by atoms with Crippen LogP contribution >= 0.6 is 23.1 Å². The van der Waals surface area contributed by atoms with Crippen molar-refractivity contribution >= 4 is 34.0 Å². The summed E-state index contributed by atoms with van der Waals surface area (Å²) in [6.45, 7) is 0. The van der Waals surface area contributed by atoms with Crippen LogP contribution < -0.4 is 15.9 Å². The van der Waals surface area contributed by atoms with Crippen LogP contribution in [0.15, 0.2) is 29.4 Å². The van der Waals surface area contributed by atoms with Crippen molar-refractivity contribution in [3.8, 4) is 23.2 Å². The number of para-hydroxylation sites is 1. The lowest BCUT2D eigenvalue weighted by molar-refractivity contribution is -0.115. The van der Waals surface area contributed by atoms with Crippen molar-refractivity contribution in [2.24, 2.45) is 0 Å². The van der Waals surface area contributed by atoms with E-state index in [-0.39, 0.29) is 12.3 Å². The van der Waals surface area contributed by atoms with E-state index >= 15 is 0 Å². The molecule has 0 spiro atoms. The van der Waals surface area contributed by atoms with E-state index in [1.165, 1.54) is 32.7 Å². The molecule has 3 N–H and O–H groups in total. The average Bonchev–Trinajstić information content (AvgIpc) is 3.33. The van der Waals surface area contributed by atoms with Gasteiger partial charge in [0.05, 0.1) is 18.2 Å². The molecular formula is C21H22N6O2S2. The number of aryl methyl sites for hydroxylation is 1. The number of hydrogen-bond acceptors (Lipinski definition) is 8. The number of thioether (sulfide) groups is 1. The number of nitrogen functional groups attached to an aromatic ring is 1. The van der Waals surface area contributed by atoms with Gasteiger partial charge in [0.25, 0.3) is 0 Å². The number of rotatable bonds is 7. The Bertz CT molecular complexity index is 1150. The second-order valence-corrected chi connectivity index (χ2v) is 9.22. The van der Waals surface area contributed by atoms with Gasteiger partial charge in [0.1, 0.15) is 16.8 Å². The van der Waals surface area contributed by atoms with Gasteiger partial charge in [0.2, 0.25) is 11.1 Å². The molecule has 4 rings (SSSR count). The predicted octanol–water partition coefficient (Wildman–Crippen LogP) is 3.60. The standard InChI is InChI=1S/C21H22N6O2S2/c1-29-16-8-4-2-7-14(16)19-25-26-21(27(19)23)30-11-10-18(28)24-20-15(12-22)13-6-3-5-9-17(13)31-20/h2,4,7-8H,3,5-6,9-11,23H2,1H3,(H,24,28). The maximum Gasteiger partial charge on any atom is 0.225 e. The van der Waals surface area contributed by atoms with Crippen LogP contribution in [0, 0.1) is 11.3 Å². The highest BCUT2D eigenvalue weighted by Gasteiger charge is 2.22. The highest BCUT2D eigenvalue weighted by atomic mass is 32.2. The van der Waals surface area contributed by atoms with E-state index < -0.39 is 0 Å². The van der Waals surface area contributed by atoms with Crippen molar-refractivity contribution < 1.29 is 9.53 Å². The van der Waals surface area contributed by atoms with E-state index in [1.807, 2.05) is 24.3 Å². The van der Waals surface area contributed by atoms with Crippen molar-refractivity contribution in [3.63, 3.8) is 0 Å². The number of carbonyl (C=O) groups excluding carboxylic acids is 1. The lowest BCUT2D eigenvalue weighted by Crippen LogP contribution is -2.14. The van der Waals surface area contributed by atoms with E-state index in [9.17, 15) is 10.1 Å². The van der Waals surface area contributed by atoms with Crippen LogP contribution in [-0.4, -0.2) is 33.6 Å². The van der Waals surface area contributed by atoms with Gasteiger partial charge < -0.3 is 15.9 Å².